The van der Waals surface area contributed by atoms with Crippen LogP contribution in [0.4, 0.5) is 0 Å². The fourth-order valence-corrected chi connectivity index (χ4v) is 4.53. The molecule has 166 valence electrons. The first-order valence-electron chi connectivity index (χ1n) is 11.1. The van der Waals surface area contributed by atoms with Gasteiger partial charge in [-0.15, -0.1) is 0 Å². The summed E-state index contributed by atoms with van der Waals surface area (Å²) in [6, 6.07) is 18.6. The highest BCUT2D eigenvalue weighted by atomic mass is 16.5. The molecule has 4 rings (SSSR count). The van der Waals surface area contributed by atoms with Gasteiger partial charge in [0.25, 0.3) is 0 Å². The minimum absolute atomic E-state index is 0.127. The highest BCUT2D eigenvalue weighted by molar-refractivity contribution is 5.99. The summed E-state index contributed by atoms with van der Waals surface area (Å²) in [6.45, 7) is 6.85. The van der Waals surface area contributed by atoms with Crippen molar-refractivity contribution in [3.63, 3.8) is 0 Å². The number of methoxy groups -OCH3 is 2. The van der Waals surface area contributed by atoms with E-state index in [1.54, 1.807) is 14.2 Å². The molecule has 3 aromatic carbocycles. The van der Waals surface area contributed by atoms with E-state index in [0.29, 0.717) is 17.9 Å². The van der Waals surface area contributed by atoms with Crippen LogP contribution in [0.2, 0.25) is 0 Å². The summed E-state index contributed by atoms with van der Waals surface area (Å²) in [4.78, 5) is 15.9. The SMILES string of the molecule is COc1cc2c(cc1OC)C(=O)Cc1ccc(C)c(C)c1CN(Cc1ccccc1)CC2. The van der Waals surface area contributed by atoms with E-state index in [1.807, 2.05) is 12.1 Å². The fraction of sp³-hybridized carbons (Fsp3) is 0.321. The number of carbonyl (C=O) groups excluding carboxylic acids is 1. The summed E-state index contributed by atoms with van der Waals surface area (Å²) in [7, 11) is 3.24. The molecule has 0 aromatic heterocycles. The van der Waals surface area contributed by atoms with Crippen LogP contribution in [-0.2, 0) is 25.9 Å². The van der Waals surface area contributed by atoms with Crippen LogP contribution in [-0.4, -0.2) is 31.4 Å². The Hall–Kier alpha value is -3.11. The van der Waals surface area contributed by atoms with Gasteiger partial charge in [-0.05, 0) is 65.8 Å². The predicted molar refractivity (Wildman–Crippen MR) is 128 cm³/mol. The number of aryl methyl sites for hydroxylation is 1. The first kappa shape index (κ1) is 22.1. The monoisotopic (exact) mass is 429 g/mol. The number of fused-ring (bicyclic) bond motifs is 2. The van der Waals surface area contributed by atoms with Crippen molar-refractivity contribution in [2.24, 2.45) is 0 Å². The highest BCUT2D eigenvalue weighted by Gasteiger charge is 2.22. The zero-order valence-electron chi connectivity index (χ0n) is 19.4. The molecule has 0 atom stereocenters. The van der Waals surface area contributed by atoms with Gasteiger partial charge in [0, 0.05) is 31.6 Å². The van der Waals surface area contributed by atoms with Crippen molar-refractivity contribution in [1.82, 2.24) is 4.90 Å². The number of ether oxygens (including phenoxy) is 2. The molecule has 0 amide bonds. The molecule has 1 aliphatic heterocycles. The van der Waals surface area contributed by atoms with Crippen LogP contribution in [0.15, 0.2) is 54.6 Å². The molecule has 4 heteroatoms. The van der Waals surface area contributed by atoms with Gasteiger partial charge in [0.05, 0.1) is 14.2 Å². The highest BCUT2D eigenvalue weighted by Crippen LogP contribution is 2.33. The fourth-order valence-electron chi connectivity index (χ4n) is 4.53. The standard InChI is InChI=1S/C28H31NO3/c1-19-10-11-22-14-26(30)24-16-28(32-4)27(31-3)15-23(24)12-13-29(18-25(22)20(19)2)17-21-8-6-5-7-9-21/h5-11,15-16H,12-14,17-18H2,1-4H3. The number of benzene rings is 3. The van der Waals surface area contributed by atoms with Gasteiger partial charge in [-0.1, -0.05) is 42.5 Å². The van der Waals surface area contributed by atoms with Crippen LogP contribution in [0, 0.1) is 13.8 Å². The molecule has 0 bridgehead atoms. The molecule has 1 aliphatic rings. The topological polar surface area (TPSA) is 38.8 Å². The van der Waals surface area contributed by atoms with Gasteiger partial charge in [-0.2, -0.15) is 0 Å². The average Bonchev–Trinajstić information content (AvgIpc) is 2.81. The summed E-state index contributed by atoms with van der Waals surface area (Å²) in [5.41, 5.74) is 7.96. The van der Waals surface area contributed by atoms with Crippen LogP contribution in [0.3, 0.4) is 0 Å². The minimum Gasteiger partial charge on any atom is -0.493 e. The maximum absolute atomic E-state index is 13.4. The molecule has 1 heterocycles. The lowest BCUT2D eigenvalue weighted by Gasteiger charge is -2.27. The van der Waals surface area contributed by atoms with Crippen molar-refractivity contribution < 1.29 is 14.3 Å². The lowest BCUT2D eigenvalue weighted by Crippen LogP contribution is -2.28. The van der Waals surface area contributed by atoms with Gasteiger partial charge < -0.3 is 9.47 Å². The van der Waals surface area contributed by atoms with Crippen molar-refractivity contribution in [3.05, 3.63) is 93.5 Å². The van der Waals surface area contributed by atoms with Crippen LogP contribution in [0.1, 0.15) is 43.7 Å². The van der Waals surface area contributed by atoms with Crippen LogP contribution in [0.25, 0.3) is 0 Å². The number of carbonyl (C=O) groups is 1. The quantitative estimate of drug-likeness (QED) is 0.564. The van der Waals surface area contributed by atoms with Gasteiger partial charge in [0.1, 0.15) is 0 Å². The molecule has 0 saturated carbocycles. The van der Waals surface area contributed by atoms with Gasteiger partial charge in [-0.3, -0.25) is 9.69 Å². The number of hydrogen-bond acceptors (Lipinski definition) is 4. The third kappa shape index (κ3) is 4.56. The first-order chi connectivity index (χ1) is 15.5. The Kier molecular flexibility index (Phi) is 6.61. The number of hydrogen-bond donors (Lipinski definition) is 0. The Morgan fingerprint density at radius 3 is 2.34 bits per heavy atom. The summed E-state index contributed by atoms with van der Waals surface area (Å²) in [5.74, 6) is 1.39. The zero-order valence-corrected chi connectivity index (χ0v) is 19.4. The minimum atomic E-state index is 0.127. The van der Waals surface area contributed by atoms with E-state index >= 15 is 0 Å². The maximum Gasteiger partial charge on any atom is 0.167 e. The van der Waals surface area contributed by atoms with Crippen LogP contribution < -0.4 is 9.47 Å². The number of Topliss-reactive ketones (excluding diaryl/α,β-unsaturated/α-hetero) is 1. The second-order valence-electron chi connectivity index (χ2n) is 8.56. The maximum atomic E-state index is 13.4. The molecule has 3 aromatic rings. The Bertz CT molecular complexity index is 1120. The number of rotatable bonds is 4. The summed E-state index contributed by atoms with van der Waals surface area (Å²) < 4.78 is 11.0. The third-order valence-electron chi connectivity index (χ3n) is 6.56. The van der Waals surface area contributed by atoms with Crippen molar-refractivity contribution >= 4 is 5.78 Å². The second-order valence-corrected chi connectivity index (χ2v) is 8.56. The number of nitrogens with zero attached hydrogens (tertiary/aromatic N) is 1. The van der Waals surface area contributed by atoms with Gasteiger partial charge >= 0.3 is 0 Å². The molecule has 32 heavy (non-hydrogen) atoms. The van der Waals surface area contributed by atoms with E-state index in [1.165, 1.54) is 22.3 Å². The zero-order chi connectivity index (χ0) is 22.7. The first-order valence-corrected chi connectivity index (χ1v) is 11.1. The van der Waals surface area contributed by atoms with Gasteiger partial charge in [0.15, 0.2) is 17.3 Å². The van der Waals surface area contributed by atoms with Crippen molar-refractivity contribution in [1.29, 1.82) is 0 Å². The molecule has 4 nitrogen and oxygen atoms in total. The number of ketones is 1. The second kappa shape index (κ2) is 9.58. The smallest absolute Gasteiger partial charge is 0.167 e. The molecule has 0 fully saturated rings. The van der Waals surface area contributed by atoms with E-state index in [-0.39, 0.29) is 5.78 Å². The van der Waals surface area contributed by atoms with E-state index in [2.05, 4.69) is 61.2 Å². The normalized spacial score (nSPS) is 14.4. The Labute approximate surface area is 190 Å². The van der Waals surface area contributed by atoms with E-state index in [4.69, 9.17) is 9.47 Å². The predicted octanol–water partition coefficient (Wildman–Crippen LogP) is 5.30. The Morgan fingerprint density at radius 2 is 1.62 bits per heavy atom. The average molecular weight is 430 g/mol. The molecule has 0 aliphatic carbocycles. The van der Waals surface area contributed by atoms with Crippen LogP contribution >= 0.6 is 0 Å². The molecular formula is C28H31NO3. The molecule has 0 spiro atoms. The van der Waals surface area contributed by atoms with Gasteiger partial charge in [0.2, 0.25) is 0 Å². The molecular weight excluding hydrogens is 398 g/mol. The van der Waals surface area contributed by atoms with Crippen molar-refractivity contribution in [3.8, 4) is 11.5 Å². The molecule has 0 unspecified atom stereocenters. The summed E-state index contributed by atoms with van der Waals surface area (Å²) in [5, 5.41) is 0. The van der Waals surface area contributed by atoms with Crippen molar-refractivity contribution in [2.75, 3.05) is 20.8 Å². The summed E-state index contributed by atoms with van der Waals surface area (Å²) in [6.07, 6.45) is 1.16. The van der Waals surface area contributed by atoms with E-state index in [0.717, 1.165) is 42.7 Å². The largest absolute Gasteiger partial charge is 0.493 e. The summed E-state index contributed by atoms with van der Waals surface area (Å²) >= 11 is 0. The lowest BCUT2D eigenvalue weighted by molar-refractivity contribution is 0.0990. The molecule has 0 radical (unpaired) electrons. The Balaban J connectivity index is 1.79. The third-order valence-corrected chi connectivity index (χ3v) is 6.56. The molecule has 0 saturated heterocycles. The van der Waals surface area contributed by atoms with Crippen LogP contribution in [0.5, 0.6) is 11.5 Å². The Morgan fingerprint density at radius 1 is 0.906 bits per heavy atom. The van der Waals surface area contributed by atoms with E-state index < -0.39 is 0 Å². The lowest BCUT2D eigenvalue weighted by atomic mass is 9.89. The molecule has 0 N–H and O–H groups in total. The van der Waals surface area contributed by atoms with Gasteiger partial charge in [-0.25, -0.2) is 0 Å². The van der Waals surface area contributed by atoms with E-state index in [9.17, 15) is 4.79 Å². The van der Waals surface area contributed by atoms with Crippen molar-refractivity contribution in [2.45, 2.75) is 39.8 Å².